The molecule has 136 valence electrons. The number of benzene rings is 2. The highest BCUT2D eigenvalue weighted by atomic mass is 19.4. The van der Waals surface area contributed by atoms with Gasteiger partial charge >= 0.3 is 6.18 Å². The molecule has 0 radical (unpaired) electrons. The van der Waals surface area contributed by atoms with Crippen LogP contribution in [0.2, 0.25) is 0 Å². The smallest absolute Gasteiger partial charge is 0.422 e. The van der Waals surface area contributed by atoms with Crippen LogP contribution in [0.25, 0.3) is 16.6 Å². The number of halogens is 4. The minimum absolute atomic E-state index is 0.0941. The lowest BCUT2D eigenvalue weighted by atomic mass is 10.2. The van der Waals surface area contributed by atoms with Crippen LogP contribution in [0.4, 0.5) is 17.6 Å². The maximum absolute atomic E-state index is 14.1. The minimum Gasteiger partial charge on any atom is -0.484 e. The fourth-order valence-corrected chi connectivity index (χ4v) is 2.52. The summed E-state index contributed by atoms with van der Waals surface area (Å²) in [6.45, 7) is -1.60. The van der Waals surface area contributed by atoms with E-state index in [4.69, 9.17) is 10.5 Å². The van der Waals surface area contributed by atoms with Crippen molar-refractivity contribution in [3.8, 4) is 11.4 Å². The molecule has 26 heavy (non-hydrogen) atoms. The van der Waals surface area contributed by atoms with E-state index in [0.717, 1.165) is 10.6 Å². The van der Waals surface area contributed by atoms with Gasteiger partial charge in [0.25, 0.3) is 5.56 Å². The monoisotopic (exact) mass is 367 g/mol. The SMILES string of the molecule is NCc1nc2cccc(F)c2c(=O)n1-c1cccc(OCC(F)(F)F)c1. The lowest BCUT2D eigenvalue weighted by Crippen LogP contribution is -2.26. The van der Waals surface area contributed by atoms with E-state index in [9.17, 15) is 22.4 Å². The number of hydrogen-bond donors (Lipinski definition) is 1. The summed E-state index contributed by atoms with van der Waals surface area (Å²) < 4.78 is 56.8. The van der Waals surface area contributed by atoms with Gasteiger partial charge in [0, 0.05) is 6.07 Å². The maximum Gasteiger partial charge on any atom is 0.422 e. The van der Waals surface area contributed by atoms with Gasteiger partial charge in [0.15, 0.2) is 6.61 Å². The number of alkyl halides is 3. The molecule has 0 saturated heterocycles. The third kappa shape index (κ3) is 3.52. The van der Waals surface area contributed by atoms with Crippen LogP contribution in [0.5, 0.6) is 5.75 Å². The molecule has 0 aliphatic rings. The van der Waals surface area contributed by atoms with E-state index in [-0.39, 0.29) is 34.7 Å². The Bertz CT molecular complexity index is 1020. The van der Waals surface area contributed by atoms with Gasteiger partial charge in [-0.2, -0.15) is 13.2 Å². The Kier molecular flexibility index (Phi) is 4.64. The Morgan fingerprint density at radius 3 is 2.58 bits per heavy atom. The Balaban J connectivity index is 2.15. The number of aromatic nitrogens is 2. The van der Waals surface area contributed by atoms with Crippen molar-refractivity contribution in [3.63, 3.8) is 0 Å². The molecule has 0 unspecified atom stereocenters. The molecule has 0 saturated carbocycles. The van der Waals surface area contributed by atoms with Gasteiger partial charge in [-0.05, 0) is 24.3 Å². The van der Waals surface area contributed by atoms with Crippen molar-refractivity contribution >= 4 is 10.9 Å². The van der Waals surface area contributed by atoms with Gasteiger partial charge in [-0.15, -0.1) is 0 Å². The molecule has 2 aromatic carbocycles. The molecule has 0 bridgehead atoms. The van der Waals surface area contributed by atoms with E-state index < -0.39 is 24.2 Å². The van der Waals surface area contributed by atoms with Gasteiger partial charge < -0.3 is 10.5 Å². The average molecular weight is 367 g/mol. The van der Waals surface area contributed by atoms with E-state index in [2.05, 4.69) is 4.98 Å². The summed E-state index contributed by atoms with van der Waals surface area (Å²) in [5.74, 6) is -0.703. The third-order valence-corrected chi connectivity index (χ3v) is 3.58. The molecule has 0 atom stereocenters. The van der Waals surface area contributed by atoms with Gasteiger partial charge in [-0.1, -0.05) is 12.1 Å². The predicted octanol–water partition coefficient (Wildman–Crippen LogP) is 2.92. The lowest BCUT2D eigenvalue weighted by Gasteiger charge is -2.14. The maximum atomic E-state index is 14.1. The summed E-state index contributed by atoms with van der Waals surface area (Å²) in [5, 5.41) is -0.230. The quantitative estimate of drug-likeness (QED) is 0.720. The first kappa shape index (κ1) is 17.9. The van der Waals surface area contributed by atoms with Gasteiger partial charge in [0.05, 0.1) is 17.7 Å². The van der Waals surface area contributed by atoms with E-state index in [1.165, 1.54) is 36.4 Å². The molecule has 9 heteroatoms. The second-order valence-electron chi connectivity index (χ2n) is 5.41. The molecule has 1 heterocycles. The Labute approximate surface area is 144 Å². The Hall–Kier alpha value is -2.94. The number of ether oxygens (including phenoxy) is 1. The summed E-state index contributed by atoms with van der Waals surface area (Å²) in [6, 6.07) is 9.46. The zero-order valence-corrected chi connectivity index (χ0v) is 13.3. The van der Waals surface area contributed by atoms with E-state index in [1.807, 2.05) is 0 Å². The molecule has 1 aromatic heterocycles. The largest absolute Gasteiger partial charge is 0.484 e. The number of nitrogens with two attached hydrogens (primary N) is 1. The van der Waals surface area contributed by atoms with E-state index in [1.54, 1.807) is 0 Å². The van der Waals surface area contributed by atoms with Crippen LogP contribution in [0.1, 0.15) is 5.82 Å². The fourth-order valence-electron chi connectivity index (χ4n) is 2.52. The van der Waals surface area contributed by atoms with Crippen molar-refractivity contribution in [1.82, 2.24) is 9.55 Å². The Morgan fingerprint density at radius 2 is 1.88 bits per heavy atom. The molecular weight excluding hydrogens is 354 g/mol. The van der Waals surface area contributed by atoms with Gasteiger partial charge in [-0.25, -0.2) is 9.37 Å². The van der Waals surface area contributed by atoms with Gasteiger partial charge in [0.2, 0.25) is 0 Å². The van der Waals surface area contributed by atoms with Crippen molar-refractivity contribution in [2.75, 3.05) is 6.61 Å². The van der Waals surface area contributed by atoms with Crippen molar-refractivity contribution in [2.45, 2.75) is 12.7 Å². The van der Waals surface area contributed by atoms with Crippen LogP contribution in [0.15, 0.2) is 47.3 Å². The van der Waals surface area contributed by atoms with Crippen LogP contribution < -0.4 is 16.0 Å². The highest BCUT2D eigenvalue weighted by Gasteiger charge is 2.28. The summed E-state index contributed by atoms with van der Waals surface area (Å²) in [4.78, 5) is 16.9. The molecule has 0 fully saturated rings. The first-order valence-corrected chi connectivity index (χ1v) is 7.50. The van der Waals surface area contributed by atoms with Gasteiger partial charge in [-0.3, -0.25) is 9.36 Å². The van der Waals surface area contributed by atoms with Crippen LogP contribution in [-0.4, -0.2) is 22.3 Å². The molecule has 0 amide bonds. The fraction of sp³-hybridized carbons (Fsp3) is 0.176. The molecule has 3 aromatic rings. The van der Waals surface area contributed by atoms with Gasteiger partial charge in [0.1, 0.15) is 22.8 Å². The molecule has 0 aliphatic carbocycles. The predicted molar refractivity (Wildman–Crippen MR) is 86.7 cm³/mol. The highest BCUT2D eigenvalue weighted by molar-refractivity contribution is 5.78. The minimum atomic E-state index is -4.50. The molecule has 2 N–H and O–H groups in total. The Morgan fingerprint density at radius 1 is 1.15 bits per heavy atom. The highest BCUT2D eigenvalue weighted by Crippen LogP contribution is 2.22. The first-order valence-electron chi connectivity index (χ1n) is 7.50. The third-order valence-electron chi connectivity index (χ3n) is 3.58. The topological polar surface area (TPSA) is 70.1 Å². The van der Waals surface area contributed by atoms with Crippen LogP contribution in [-0.2, 0) is 6.54 Å². The summed E-state index contributed by atoms with van der Waals surface area (Å²) in [7, 11) is 0. The van der Waals surface area contributed by atoms with Crippen LogP contribution in [0.3, 0.4) is 0 Å². The normalized spacial score (nSPS) is 11.7. The summed E-state index contributed by atoms with van der Waals surface area (Å²) in [6.07, 6.45) is -4.50. The number of hydrogen-bond acceptors (Lipinski definition) is 4. The van der Waals surface area contributed by atoms with E-state index >= 15 is 0 Å². The van der Waals surface area contributed by atoms with Crippen LogP contribution in [0, 0.1) is 5.82 Å². The molecule has 3 rings (SSSR count). The molecular formula is C17H13F4N3O2. The van der Waals surface area contributed by atoms with Crippen molar-refractivity contribution < 1.29 is 22.3 Å². The van der Waals surface area contributed by atoms with Crippen molar-refractivity contribution in [1.29, 1.82) is 0 Å². The lowest BCUT2D eigenvalue weighted by molar-refractivity contribution is -0.153. The zero-order valence-electron chi connectivity index (χ0n) is 13.3. The first-order chi connectivity index (χ1) is 12.3. The zero-order chi connectivity index (χ0) is 18.9. The summed E-state index contributed by atoms with van der Waals surface area (Å²) >= 11 is 0. The molecule has 5 nitrogen and oxygen atoms in total. The van der Waals surface area contributed by atoms with Crippen LogP contribution >= 0.6 is 0 Å². The second-order valence-corrected chi connectivity index (χ2v) is 5.41. The summed E-state index contributed by atoms with van der Waals surface area (Å²) in [5.41, 5.74) is 5.26. The standard InChI is InChI=1S/C17H13F4N3O2/c18-12-5-2-6-13-15(12)16(25)24(14(8-22)23-13)10-3-1-4-11(7-10)26-9-17(19,20)21/h1-7H,8-9,22H2. The second kappa shape index (κ2) is 6.75. The van der Waals surface area contributed by atoms with Crippen molar-refractivity contribution in [3.05, 3.63) is 64.5 Å². The number of rotatable bonds is 4. The average Bonchev–Trinajstić information content (AvgIpc) is 2.59. The number of nitrogens with zero attached hydrogens (tertiary/aromatic N) is 2. The van der Waals surface area contributed by atoms with E-state index in [0.29, 0.717) is 0 Å². The number of fused-ring (bicyclic) bond motifs is 1. The molecule has 0 aliphatic heterocycles. The van der Waals surface area contributed by atoms with Crippen molar-refractivity contribution in [2.24, 2.45) is 5.73 Å². The molecule has 0 spiro atoms.